The van der Waals surface area contributed by atoms with Crippen LogP contribution >= 0.6 is 11.8 Å². The van der Waals surface area contributed by atoms with E-state index in [1.807, 2.05) is 30.3 Å². The summed E-state index contributed by atoms with van der Waals surface area (Å²) in [5, 5.41) is 17.8. The number of nitrogens with zero attached hydrogens (tertiary/aromatic N) is 5. The fraction of sp³-hybridized carbons (Fsp3) is 0.581. The number of ether oxygens (including phenoxy) is 1. The third-order valence-electron chi connectivity index (χ3n) is 8.80. The van der Waals surface area contributed by atoms with Crippen molar-refractivity contribution in [2.75, 3.05) is 26.3 Å². The number of aromatic nitrogens is 3. The van der Waals surface area contributed by atoms with Crippen LogP contribution in [0.25, 0.3) is 11.0 Å². The molecule has 226 valence electrons. The van der Waals surface area contributed by atoms with E-state index in [4.69, 9.17) is 4.74 Å². The molecule has 5 atom stereocenters. The molecule has 3 fully saturated rings. The minimum atomic E-state index is -0.709. The number of aliphatic hydroxyl groups is 1. The molecular weight excluding hydrogens is 554 g/mol. The van der Waals surface area contributed by atoms with Gasteiger partial charge in [0.25, 0.3) is 0 Å². The minimum Gasteiger partial charge on any atom is -0.465 e. The molecule has 3 aliphatic heterocycles. The van der Waals surface area contributed by atoms with Crippen LogP contribution in [0.2, 0.25) is 0 Å². The minimum absolute atomic E-state index is 0.0430. The van der Waals surface area contributed by atoms with Gasteiger partial charge in [-0.25, -0.2) is 4.68 Å². The van der Waals surface area contributed by atoms with E-state index >= 15 is 0 Å². The Bertz CT molecular complexity index is 1320. The van der Waals surface area contributed by atoms with Crippen molar-refractivity contribution < 1.29 is 24.2 Å². The van der Waals surface area contributed by atoms with Crippen LogP contribution in [0.5, 0.6) is 0 Å². The summed E-state index contributed by atoms with van der Waals surface area (Å²) < 4.78 is 6.71. The third-order valence-corrected chi connectivity index (χ3v) is 10.7. The van der Waals surface area contributed by atoms with Crippen LogP contribution in [0.4, 0.5) is 0 Å². The molecule has 2 amide bonds. The number of rotatable bonds is 16. The van der Waals surface area contributed by atoms with E-state index in [2.05, 4.69) is 23.5 Å². The summed E-state index contributed by atoms with van der Waals surface area (Å²) in [5.41, 5.74) is 1.55. The predicted octanol–water partition coefficient (Wildman–Crippen LogP) is 3.56. The first-order valence-corrected chi connectivity index (χ1v) is 15.9. The Kier molecular flexibility index (Phi) is 9.67. The Morgan fingerprint density at radius 2 is 2.00 bits per heavy atom. The zero-order chi connectivity index (χ0) is 29.7. The van der Waals surface area contributed by atoms with Crippen molar-refractivity contribution in [2.45, 2.75) is 74.1 Å². The molecule has 2 unspecified atom stereocenters. The monoisotopic (exact) mass is 595 g/mol. The number of likely N-dealkylation sites (tertiary alicyclic amines) is 1. The maximum atomic E-state index is 14.6. The van der Waals surface area contributed by atoms with Crippen LogP contribution in [0.3, 0.4) is 0 Å². The molecule has 0 aliphatic carbocycles. The average Bonchev–Trinajstić information content (AvgIpc) is 3.74. The Morgan fingerprint density at radius 3 is 2.79 bits per heavy atom. The first kappa shape index (κ1) is 30.3. The van der Waals surface area contributed by atoms with Gasteiger partial charge in [0.05, 0.1) is 28.7 Å². The highest BCUT2D eigenvalue weighted by Crippen LogP contribution is 2.66. The molecule has 3 aliphatic rings. The fourth-order valence-electron chi connectivity index (χ4n) is 6.90. The topological polar surface area (TPSA) is 118 Å². The zero-order valence-electron chi connectivity index (χ0n) is 24.1. The third kappa shape index (κ3) is 5.60. The van der Waals surface area contributed by atoms with Crippen molar-refractivity contribution >= 4 is 40.6 Å². The van der Waals surface area contributed by atoms with Crippen molar-refractivity contribution in [1.29, 1.82) is 0 Å². The Balaban J connectivity index is 1.42. The lowest BCUT2D eigenvalue weighted by Crippen LogP contribution is -2.55. The number of carbonyl (C=O) groups is 3. The standard InChI is InChI=1S/C31H41N5O5S/c1-3-5-6-12-20-41-30(40)25-24-15-16-31(42-24)26(25)28(38)35(18-10-7-11-19-37)27(31)29(39)34(17-4-2)21-36-23-14-9-8-13-22(23)32-33-36/h3-4,8-9,13-14,24-27,37H,1-2,5-7,10-12,15-21H2/t24-,25+,26+,27?,31?/m1/s1. The van der Waals surface area contributed by atoms with Crippen molar-refractivity contribution in [3.05, 3.63) is 49.6 Å². The molecule has 4 heterocycles. The second-order valence-corrected chi connectivity index (χ2v) is 13.0. The smallest absolute Gasteiger partial charge is 0.310 e. The molecule has 2 aromatic rings. The van der Waals surface area contributed by atoms with Crippen LogP contribution in [0.1, 0.15) is 51.4 Å². The summed E-state index contributed by atoms with van der Waals surface area (Å²) in [4.78, 5) is 45.6. The Labute approximate surface area is 251 Å². The van der Waals surface area contributed by atoms with Gasteiger partial charge in [-0.3, -0.25) is 14.4 Å². The number of thioether (sulfide) groups is 1. The van der Waals surface area contributed by atoms with Gasteiger partial charge >= 0.3 is 5.97 Å². The number of esters is 1. The summed E-state index contributed by atoms with van der Waals surface area (Å²) in [6.07, 6.45) is 9.54. The zero-order valence-corrected chi connectivity index (χ0v) is 24.9. The molecular formula is C31H41N5O5S. The van der Waals surface area contributed by atoms with Crippen molar-refractivity contribution in [3.8, 4) is 0 Å². The number of para-hydroxylation sites is 1. The van der Waals surface area contributed by atoms with Crippen LogP contribution < -0.4 is 0 Å². The van der Waals surface area contributed by atoms with Gasteiger partial charge < -0.3 is 19.6 Å². The van der Waals surface area contributed by atoms with Crippen LogP contribution in [-0.4, -0.2) is 90.0 Å². The van der Waals surface area contributed by atoms with Crippen molar-refractivity contribution in [2.24, 2.45) is 11.8 Å². The molecule has 3 saturated heterocycles. The summed E-state index contributed by atoms with van der Waals surface area (Å²) in [7, 11) is 0. The number of unbranched alkanes of at least 4 members (excludes halogenated alkanes) is 4. The summed E-state index contributed by atoms with van der Waals surface area (Å²) in [5.74, 6) is -1.77. The lowest BCUT2D eigenvalue weighted by Gasteiger charge is -2.37. The van der Waals surface area contributed by atoms with E-state index in [9.17, 15) is 19.5 Å². The molecule has 0 radical (unpaired) electrons. The maximum absolute atomic E-state index is 14.6. The molecule has 1 N–H and O–H groups in total. The number of aliphatic hydroxyl groups excluding tert-OH is 1. The van der Waals surface area contributed by atoms with E-state index in [0.717, 1.165) is 43.1 Å². The molecule has 5 rings (SSSR count). The van der Waals surface area contributed by atoms with Crippen LogP contribution in [-0.2, 0) is 25.8 Å². The highest BCUT2D eigenvalue weighted by atomic mass is 32.2. The van der Waals surface area contributed by atoms with Crippen LogP contribution in [0.15, 0.2) is 49.6 Å². The fourth-order valence-corrected chi connectivity index (χ4v) is 9.10. The number of benzene rings is 1. The molecule has 10 nitrogen and oxygen atoms in total. The van der Waals surface area contributed by atoms with Crippen molar-refractivity contribution in [1.82, 2.24) is 24.8 Å². The largest absolute Gasteiger partial charge is 0.465 e. The summed E-state index contributed by atoms with van der Waals surface area (Å²) >= 11 is 1.64. The lowest BCUT2D eigenvalue weighted by molar-refractivity contribution is -0.154. The van der Waals surface area contributed by atoms with E-state index in [0.29, 0.717) is 32.4 Å². The van der Waals surface area contributed by atoms with Crippen LogP contribution in [0, 0.1) is 11.8 Å². The van der Waals surface area contributed by atoms with Gasteiger partial charge in [0.15, 0.2) is 0 Å². The van der Waals surface area contributed by atoms with E-state index in [-0.39, 0.29) is 42.9 Å². The molecule has 2 bridgehead atoms. The van der Waals surface area contributed by atoms with Gasteiger partial charge in [0.1, 0.15) is 18.2 Å². The number of hydrogen-bond donors (Lipinski definition) is 1. The molecule has 1 spiro atoms. The van der Waals surface area contributed by atoms with Gasteiger partial charge in [-0.2, -0.15) is 0 Å². The molecule has 42 heavy (non-hydrogen) atoms. The first-order valence-electron chi connectivity index (χ1n) is 15.0. The van der Waals surface area contributed by atoms with Gasteiger partial charge in [0.2, 0.25) is 11.8 Å². The second kappa shape index (κ2) is 13.4. The number of hydrogen-bond acceptors (Lipinski definition) is 8. The van der Waals surface area contributed by atoms with Gasteiger partial charge in [-0.15, -0.1) is 30.0 Å². The number of carbonyl (C=O) groups excluding carboxylic acids is 3. The quantitative estimate of drug-likeness (QED) is 0.178. The average molecular weight is 596 g/mol. The normalized spacial score (nSPS) is 26.0. The molecule has 1 aromatic carbocycles. The number of allylic oxidation sites excluding steroid dienone is 1. The van der Waals surface area contributed by atoms with E-state index < -0.39 is 22.6 Å². The Morgan fingerprint density at radius 1 is 1.17 bits per heavy atom. The second-order valence-electron chi connectivity index (χ2n) is 11.4. The lowest BCUT2D eigenvalue weighted by atomic mass is 9.71. The van der Waals surface area contributed by atoms with E-state index in [1.54, 1.807) is 32.3 Å². The highest BCUT2D eigenvalue weighted by molar-refractivity contribution is 8.02. The molecule has 1 aromatic heterocycles. The first-order chi connectivity index (χ1) is 20.5. The number of fused-ring (bicyclic) bond motifs is 2. The van der Waals surface area contributed by atoms with Gasteiger partial charge in [0, 0.05) is 24.9 Å². The highest BCUT2D eigenvalue weighted by Gasteiger charge is 2.74. The summed E-state index contributed by atoms with van der Waals surface area (Å²) in [6, 6.07) is 6.87. The predicted molar refractivity (Wildman–Crippen MR) is 161 cm³/mol. The van der Waals surface area contributed by atoms with Crippen molar-refractivity contribution in [3.63, 3.8) is 0 Å². The number of amides is 2. The van der Waals surface area contributed by atoms with E-state index in [1.165, 1.54) is 0 Å². The van der Waals surface area contributed by atoms with Gasteiger partial charge in [-0.1, -0.05) is 29.5 Å². The molecule has 11 heteroatoms. The Hall–Kier alpha value is -3.18. The van der Waals surface area contributed by atoms with Gasteiger partial charge in [-0.05, 0) is 63.5 Å². The SMILES string of the molecule is C=CCCCCOC(=O)[C@@H]1[C@H]2C(=O)N(CCCCCO)C(C(=O)N(CC=C)Cn3nnc4ccccc43)C23CC[C@H]1S3. The maximum Gasteiger partial charge on any atom is 0.310 e. The molecule has 0 saturated carbocycles. The summed E-state index contributed by atoms with van der Waals surface area (Å²) in [6.45, 7) is 8.87.